The van der Waals surface area contributed by atoms with E-state index in [2.05, 4.69) is 30.6 Å². The van der Waals surface area contributed by atoms with Crippen molar-refractivity contribution in [1.29, 1.82) is 0 Å². The standard InChI is InChI=1S/C13H18N6O/c1-10-16-12(18-20-10)8-14-11-4-3-7-19(9-11)13-5-2-6-15-17-13/h2,5-6,11,14H,3-4,7-9H2,1H3/t11-/m0/s1. The van der Waals surface area contributed by atoms with Crippen molar-refractivity contribution < 1.29 is 4.52 Å². The van der Waals surface area contributed by atoms with Gasteiger partial charge in [-0.3, -0.25) is 0 Å². The lowest BCUT2D eigenvalue weighted by Gasteiger charge is -2.33. The molecule has 7 heteroatoms. The van der Waals surface area contributed by atoms with E-state index in [1.165, 1.54) is 0 Å². The Bertz CT molecular complexity index is 543. The molecule has 1 atom stereocenters. The number of nitrogens with one attached hydrogen (secondary N) is 1. The van der Waals surface area contributed by atoms with E-state index in [1.54, 1.807) is 13.1 Å². The molecule has 2 aromatic heterocycles. The van der Waals surface area contributed by atoms with Crippen molar-refractivity contribution in [2.24, 2.45) is 0 Å². The summed E-state index contributed by atoms with van der Waals surface area (Å²) < 4.78 is 4.97. The van der Waals surface area contributed by atoms with Crippen LogP contribution in [0.4, 0.5) is 5.82 Å². The third-order valence-corrected chi connectivity index (χ3v) is 3.42. The number of hydrogen-bond donors (Lipinski definition) is 1. The summed E-state index contributed by atoms with van der Waals surface area (Å²) in [6, 6.07) is 4.32. The molecule has 0 spiro atoms. The molecule has 0 saturated carbocycles. The number of aromatic nitrogens is 4. The van der Waals surface area contributed by atoms with E-state index in [0.717, 1.165) is 31.7 Å². The molecule has 1 aliphatic heterocycles. The number of aryl methyl sites for hydroxylation is 1. The Kier molecular flexibility index (Phi) is 3.87. The highest BCUT2D eigenvalue weighted by Gasteiger charge is 2.21. The van der Waals surface area contributed by atoms with Crippen molar-refractivity contribution in [3.63, 3.8) is 0 Å². The SMILES string of the molecule is Cc1nc(CN[C@H]2CCCN(c3cccnn3)C2)no1. The smallest absolute Gasteiger partial charge is 0.223 e. The van der Waals surface area contributed by atoms with Crippen molar-refractivity contribution in [3.8, 4) is 0 Å². The first-order valence-corrected chi connectivity index (χ1v) is 6.86. The molecule has 1 N–H and O–H groups in total. The highest BCUT2D eigenvalue weighted by molar-refractivity contribution is 5.37. The minimum Gasteiger partial charge on any atom is -0.354 e. The summed E-state index contributed by atoms with van der Waals surface area (Å²) in [6.45, 7) is 4.39. The molecule has 7 nitrogen and oxygen atoms in total. The highest BCUT2D eigenvalue weighted by atomic mass is 16.5. The van der Waals surface area contributed by atoms with Crippen LogP contribution in [-0.4, -0.2) is 39.5 Å². The average molecular weight is 274 g/mol. The lowest BCUT2D eigenvalue weighted by Crippen LogP contribution is -2.46. The third-order valence-electron chi connectivity index (χ3n) is 3.42. The van der Waals surface area contributed by atoms with Gasteiger partial charge in [0.25, 0.3) is 0 Å². The fourth-order valence-corrected chi connectivity index (χ4v) is 2.46. The summed E-state index contributed by atoms with van der Waals surface area (Å²) in [7, 11) is 0. The zero-order valence-electron chi connectivity index (χ0n) is 11.5. The topological polar surface area (TPSA) is 80.0 Å². The van der Waals surface area contributed by atoms with Gasteiger partial charge >= 0.3 is 0 Å². The summed E-state index contributed by atoms with van der Waals surface area (Å²) in [5.41, 5.74) is 0. The van der Waals surface area contributed by atoms with Gasteiger partial charge in [0, 0.05) is 32.3 Å². The quantitative estimate of drug-likeness (QED) is 0.888. The van der Waals surface area contributed by atoms with Crippen molar-refractivity contribution in [1.82, 2.24) is 25.7 Å². The van der Waals surface area contributed by atoms with Crippen molar-refractivity contribution in [3.05, 3.63) is 30.0 Å². The molecule has 1 fully saturated rings. The van der Waals surface area contributed by atoms with E-state index in [4.69, 9.17) is 4.52 Å². The molecular weight excluding hydrogens is 256 g/mol. The second-order valence-electron chi connectivity index (χ2n) is 4.98. The van der Waals surface area contributed by atoms with E-state index in [-0.39, 0.29) is 0 Å². The number of anilines is 1. The van der Waals surface area contributed by atoms with Gasteiger partial charge in [0.1, 0.15) is 0 Å². The van der Waals surface area contributed by atoms with Gasteiger partial charge < -0.3 is 14.7 Å². The highest BCUT2D eigenvalue weighted by Crippen LogP contribution is 2.16. The molecule has 20 heavy (non-hydrogen) atoms. The minimum absolute atomic E-state index is 0.407. The maximum absolute atomic E-state index is 4.97. The maximum Gasteiger partial charge on any atom is 0.223 e. The first kappa shape index (κ1) is 13.0. The monoisotopic (exact) mass is 274 g/mol. The minimum atomic E-state index is 0.407. The molecule has 3 heterocycles. The molecule has 1 aliphatic rings. The molecular formula is C13H18N6O. The number of rotatable bonds is 4. The van der Waals surface area contributed by atoms with Crippen LogP contribution >= 0.6 is 0 Å². The van der Waals surface area contributed by atoms with Crippen LogP contribution in [0.25, 0.3) is 0 Å². The molecule has 106 valence electrons. The summed E-state index contributed by atoms with van der Waals surface area (Å²) in [6.07, 6.45) is 3.98. The Labute approximate surface area is 117 Å². The van der Waals surface area contributed by atoms with Crippen molar-refractivity contribution >= 4 is 5.82 Å². The van der Waals surface area contributed by atoms with Crippen molar-refractivity contribution in [2.75, 3.05) is 18.0 Å². The molecule has 0 bridgehead atoms. The Morgan fingerprint density at radius 3 is 3.20 bits per heavy atom. The van der Waals surface area contributed by atoms with Crippen molar-refractivity contribution in [2.45, 2.75) is 32.4 Å². The van der Waals surface area contributed by atoms with Crippen LogP contribution in [0.3, 0.4) is 0 Å². The first-order valence-electron chi connectivity index (χ1n) is 6.86. The molecule has 3 rings (SSSR count). The first-order chi connectivity index (χ1) is 9.81. The molecule has 0 aliphatic carbocycles. The van der Waals surface area contributed by atoms with Crippen LogP contribution in [0.15, 0.2) is 22.9 Å². The molecule has 0 aromatic carbocycles. The zero-order valence-corrected chi connectivity index (χ0v) is 11.5. The summed E-state index contributed by atoms with van der Waals surface area (Å²) in [5, 5.41) is 15.5. The van der Waals surface area contributed by atoms with Crippen LogP contribution in [0, 0.1) is 6.92 Å². The van der Waals surface area contributed by atoms with Gasteiger partial charge in [-0.05, 0) is 25.0 Å². The lowest BCUT2D eigenvalue weighted by atomic mass is 10.1. The third kappa shape index (κ3) is 3.11. The molecule has 1 saturated heterocycles. The van der Waals surface area contributed by atoms with Gasteiger partial charge in [-0.2, -0.15) is 10.1 Å². The van der Waals surface area contributed by atoms with Crippen LogP contribution in [0.5, 0.6) is 0 Å². The van der Waals surface area contributed by atoms with E-state index in [0.29, 0.717) is 24.3 Å². The Morgan fingerprint density at radius 1 is 1.50 bits per heavy atom. The van der Waals surface area contributed by atoms with E-state index >= 15 is 0 Å². The van der Waals surface area contributed by atoms with Gasteiger partial charge in [0.05, 0.1) is 6.54 Å². The fourth-order valence-electron chi connectivity index (χ4n) is 2.46. The predicted octanol–water partition coefficient (Wildman–Crippen LogP) is 0.927. The van der Waals surface area contributed by atoms with Gasteiger partial charge in [-0.25, -0.2) is 0 Å². The maximum atomic E-state index is 4.97. The Morgan fingerprint density at radius 2 is 2.45 bits per heavy atom. The van der Waals surface area contributed by atoms with Crippen LogP contribution in [0.1, 0.15) is 24.6 Å². The predicted molar refractivity (Wildman–Crippen MR) is 73.1 cm³/mol. The van der Waals surface area contributed by atoms with Crippen LogP contribution in [0.2, 0.25) is 0 Å². The van der Waals surface area contributed by atoms with Gasteiger partial charge in [0.2, 0.25) is 5.89 Å². The molecule has 2 aromatic rings. The average Bonchev–Trinajstić information content (AvgIpc) is 2.92. The second-order valence-corrected chi connectivity index (χ2v) is 4.98. The summed E-state index contributed by atoms with van der Waals surface area (Å²) in [5.74, 6) is 2.25. The van der Waals surface area contributed by atoms with E-state index < -0.39 is 0 Å². The molecule has 0 amide bonds. The number of piperidine rings is 1. The number of nitrogens with zero attached hydrogens (tertiary/aromatic N) is 5. The summed E-state index contributed by atoms with van der Waals surface area (Å²) >= 11 is 0. The fraction of sp³-hybridized carbons (Fsp3) is 0.538. The van der Waals surface area contributed by atoms with E-state index in [1.807, 2.05) is 12.1 Å². The van der Waals surface area contributed by atoms with Gasteiger partial charge in [-0.15, -0.1) is 5.10 Å². The summed E-state index contributed by atoms with van der Waals surface area (Å²) in [4.78, 5) is 6.46. The second kappa shape index (κ2) is 5.96. The lowest BCUT2D eigenvalue weighted by molar-refractivity contribution is 0.376. The van der Waals surface area contributed by atoms with Gasteiger partial charge in [-0.1, -0.05) is 5.16 Å². The van der Waals surface area contributed by atoms with Gasteiger partial charge in [0.15, 0.2) is 11.6 Å². The normalized spacial score (nSPS) is 19.2. The Hall–Kier alpha value is -2.02. The number of hydrogen-bond acceptors (Lipinski definition) is 7. The molecule has 0 radical (unpaired) electrons. The van der Waals surface area contributed by atoms with Crippen LogP contribution < -0.4 is 10.2 Å². The zero-order chi connectivity index (χ0) is 13.8. The Balaban J connectivity index is 1.55. The molecule has 0 unspecified atom stereocenters. The van der Waals surface area contributed by atoms with Crippen LogP contribution in [-0.2, 0) is 6.54 Å². The van der Waals surface area contributed by atoms with E-state index in [9.17, 15) is 0 Å². The largest absolute Gasteiger partial charge is 0.354 e.